The molecule has 1 rings (SSSR count). The smallest absolute Gasteiger partial charge is 0.161 e. The van der Waals surface area contributed by atoms with E-state index in [4.69, 9.17) is 15.2 Å². The quantitative estimate of drug-likeness (QED) is 0.627. The highest BCUT2D eigenvalue weighted by atomic mass is 16.5. The zero-order chi connectivity index (χ0) is 12.7. The molecular formula is C14H19NO2. The average Bonchev–Trinajstić information content (AvgIpc) is 2.34. The van der Waals surface area contributed by atoms with Gasteiger partial charge >= 0.3 is 0 Å². The minimum atomic E-state index is -0.0103. The predicted molar refractivity (Wildman–Crippen MR) is 69.2 cm³/mol. The van der Waals surface area contributed by atoms with Gasteiger partial charge in [0.1, 0.15) is 0 Å². The molecule has 3 heteroatoms. The minimum absolute atomic E-state index is 0.0103. The summed E-state index contributed by atoms with van der Waals surface area (Å²) in [5.41, 5.74) is 6.84. The van der Waals surface area contributed by atoms with Crippen molar-refractivity contribution in [2.75, 3.05) is 13.7 Å². The molecule has 0 amide bonds. The first-order valence-corrected chi connectivity index (χ1v) is 5.65. The number of hydrogen-bond donors (Lipinski definition) is 1. The zero-order valence-corrected chi connectivity index (χ0v) is 10.6. The molecule has 1 aromatic carbocycles. The van der Waals surface area contributed by atoms with Crippen molar-refractivity contribution in [1.29, 1.82) is 0 Å². The van der Waals surface area contributed by atoms with Crippen LogP contribution < -0.4 is 15.2 Å². The summed E-state index contributed by atoms with van der Waals surface area (Å²) in [6.07, 6.45) is 0.717. The molecule has 1 aromatic rings. The molecule has 0 fully saturated rings. The zero-order valence-electron chi connectivity index (χ0n) is 10.6. The van der Waals surface area contributed by atoms with Gasteiger partial charge in [0, 0.05) is 12.5 Å². The van der Waals surface area contributed by atoms with E-state index in [2.05, 4.69) is 11.8 Å². The lowest BCUT2D eigenvalue weighted by atomic mass is 10.1. The van der Waals surface area contributed by atoms with Gasteiger partial charge in [0.25, 0.3) is 0 Å². The summed E-state index contributed by atoms with van der Waals surface area (Å²) < 4.78 is 10.9. The highest BCUT2D eigenvalue weighted by molar-refractivity contribution is 5.43. The van der Waals surface area contributed by atoms with Gasteiger partial charge in [0.05, 0.1) is 13.7 Å². The topological polar surface area (TPSA) is 44.5 Å². The molecule has 1 atom stereocenters. The van der Waals surface area contributed by atoms with Crippen LogP contribution in [0.25, 0.3) is 0 Å². The van der Waals surface area contributed by atoms with Crippen LogP contribution in [0.15, 0.2) is 18.2 Å². The Morgan fingerprint density at radius 3 is 2.71 bits per heavy atom. The van der Waals surface area contributed by atoms with Gasteiger partial charge < -0.3 is 15.2 Å². The van der Waals surface area contributed by atoms with Crippen molar-refractivity contribution in [3.05, 3.63) is 23.8 Å². The van der Waals surface area contributed by atoms with Crippen LogP contribution in [0.1, 0.15) is 31.9 Å². The Morgan fingerprint density at radius 2 is 2.12 bits per heavy atom. The highest BCUT2D eigenvalue weighted by Gasteiger charge is 2.07. The summed E-state index contributed by atoms with van der Waals surface area (Å²) in [5, 5.41) is 0. The first-order chi connectivity index (χ1) is 8.19. The van der Waals surface area contributed by atoms with Crippen LogP contribution in [0.5, 0.6) is 11.5 Å². The van der Waals surface area contributed by atoms with Crippen LogP contribution >= 0.6 is 0 Å². The van der Waals surface area contributed by atoms with Gasteiger partial charge in [-0.1, -0.05) is 6.07 Å². The Bertz CT molecular complexity index is 416. The number of benzene rings is 1. The average molecular weight is 233 g/mol. The Kier molecular flexibility index (Phi) is 5.38. The summed E-state index contributed by atoms with van der Waals surface area (Å²) in [5.74, 6) is 7.22. The van der Waals surface area contributed by atoms with E-state index in [0.29, 0.717) is 18.8 Å². The Balaban J connectivity index is 2.73. The Labute approximate surface area is 103 Å². The molecule has 0 aromatic heterocycles. The van der Waals surface area contributed by atoms with Gasteiger partial charge in [0.15, 0.2) is 11.5 Å². The van der Waals surface area contributed by atoms with E-state index in [1.807, 2.05) is 32.0 Å². The molecule has 92 valence electrons. The van der Waals surface area contributed by atoms with E-state index >= 15 is 0 Å². The Morgan fingerprint density at radius 1 is 1.35 bits per heavy atom. The third-order valence-electron chi connectivity index (χ3n) is 2.37. The van der Waals surface area contributed by atoms with Gasteiger partial charge in [-0.05, 0) is 31.5 Å². The molecule has 0 spiro atoms. The number of nitrogens with two attached hydrogens (primary N) is 1. The van der Waals surface area contributed by atoms with Crippen molar-refractivity contribution >= 4 is 0 Å². The number of ether oxygens (including phenoxy) is 2. The Hall–Kier alpha value is -1.66. The van der Waals surface area contributed by atoms with Gasteiger partial charge in [0.2, 0.25) is 0 Å². The molecule has 0 aliphatic carbocycles. The molecule has 0 unspecified atom stereocenters. The highest BCUT2D eigenvalue weighted by Crippen LogP contribution is 2.29. The lowest BCUT2D eigenvalue weighted by molar-refractivity contribution is 0.301. The van der Waals surface area contributed by atoms with Crippen molar-refractivity contribution < 1.29 is 9.47 Å². The van der Waals surface area contributed by atoms with Crippen molar-refractivity contribution in [2.24, 2.45) is 5.73 Å². The van der Waals surface area contributed by atoms with E-state index in [-0.39, 0.29) is 6.04 Å². The molecule has 3 nitrogen and oxygen atoms in total. The molecule has 2 N–H and O–H groups in total. The standard InChI is InChI=1S/C14H19NO2/c1-4-5-6-9-17-13-8-7-12(11(2)15)10-14(13)16-3/h7-8,10-11H,6,9,15H2,1-3H3/t11-/m1/s1. The van der Waals surface area contributed by atoms with Crippen molar-refractivity contribution in [3.8, 4) is 23.3 Å². The van der Waals surface area contributed by atoms with Crippen molar-refractivity contribution in [1.82, 2.24) is 0 Å². The van der Waals surface area contributed by atoms with E-state index < -0.39 is 0 Å². The summed E-state index contributed by atoms with van der Waals surface area (Å²) in [7, 11) is 1.62. The van der Waals surface area contributed by atoms with E-state index in [1.165, 1.54) is 0 Å². The molecule has 0 saturated heterocycles. The van der Waals surface area contributed by atoms with Crippen molar-refractivity contribution in [3.63, 3.8) is 0 Å². The molecule has 0 saturated carbocycles. The van der Waals surface area contributed by atoms with E-state index in [0.717, 1.165) is 11.3 Å². The maximum atomic E-state index is 5.81. The van der Waals surface area contributed by atoms with Crippen molar-refractivity contribution in [2.45, 2.75) is 26.3 Å². The molecular weight excluding hydrogens is 214 g/mol. The summed E-state index contributed by atoms with van der Waals surface area (Å²) in [4.78, 5) is 0. The minimum Gasteiger partial charge on any atom is -0.493 e. The normalized spacial score (nSPS) is 11.3. The molecule has 0 aliphatic rings. The second-order valence-corrected chi connectivity index (χ2v) is 3.72. The fourth-order valence-corrected chi connectivity index (χ4v) is 1.42. The lowest BCUT2D eigenvalue weighted by Gasteiger charge is -2.12. The molecule has 0 radical (unpaired) electrons. The maximum absolute atomic E-state index is 5.81. The van der Waals surface area contributed by atoms with Gasteiger partial charge in [-0.25, -0.2) is 0 Å². The third-order valence-corrected chi connectivity index (χ3v) is 2.37. The number of rotatable bonds is 5. The molecule has 0 bridgehead atoms. The summed E-state index contributed by atoms with van der Waals surface area (Å²) in [6, 6.07) is 5.74. The largest absolute Gasteiger partial charge is 0.493 e. The van der Waals surface area contributed by atoms with Gasteiger partial charge in [-0.3, -0.25) is 0 Å². The molecule has 0 aliphatic heterocycles. The maximum Gasteiger partial charge on any atom is 0.161 e. The van der Waals surface area contributed by atoms with Crippen LogP contribution in [0.2, 0.25) is 0 Å². The molecule has 17 heavy (non-hydrogen) atoms. The number of hydrogen-bond acceptors (Lipinski definition) is 3. The van der Waals surface area contributed by atoms with E-state index in [9.17, 15) is 0 Å². The first-order valence-electron chi connectivity index (χ1n) is 5.65. The van der Waals surface area contributed by atoms with Crippen LogP contribution in [0.3, 0.4) is 0 Å². The SMILES string of the molecule is CC#CCCOc1ccc([C@@H](C)N)cc1OC. The third kappa shape index (κ3) is 4.01. The van der Waals surface area contributed by atoms with E-state index in [1.54, 1.807) is 7.11 Å². The monoisotopic (exact) mass is 233 g/mol. The van der Waals surface area contributed by atoms with Crippen LogP contribution in [0.4, 0.5) is 0 Å². The predicted octanol–water partition coefficient (Wildman–Crippen LogP) is 2.51. The molecule has 0 heterocycles. The van der Waals surface area contributed by atoms with Crippen LogP contribution in [0, 0.1) is 11.8 Å². The van der Waals surface area contributed by atoms with Crippen LogP contribution in [-0.2, 0) is 0 Å². The fourth-order valence-electron chi connectivity index (χ4n) is 1.42. The van der Waals surface area contributed by atoms with Gasteiger partial charge in [-0.2, -0.15) is 0 Å². The summed E-state index contributed by atoms with van der Waals surface area (Å²) >= 11 is 0. The second kappa shape index (κ2) is 6.82. The second-order valence-electron chi connectivity index (χ2n) is 3.72. The number of methoxy groups -OCH3 is 1. The summed E-state index contributed by atoms with van der Waals surface area (Å²) in [6.45, 7) is 4.32. The lowest BCUT2D eigenvalue weighted by Crippen LogP contribution is -2.06. The van der Waals surface area contributed by atoms with Crippen LogP contribution in [-0.4, -0.2) is 13.7 Å². The van der Waals surface area contributed by atoms with Gasteiger partial charge in [-0.15, -0.1) is 11.8 Å². The first kappa shape index (κ1) is 13.4. The fraction of sp³-hybridized carbons (Fsp3) is 0.429.